The molecule has 122 valence electrons. The highest BCUT2D eigenvalue weighted by molar-refractivity contribution is 7.89. The molecule has 0 N–H and O–H groups in total. The highest BCUT2D eigenvalue weighted by Crippen LogP contribution is 2.38. The third-order valence-corrected chi connectivity index (χ3v) is 6.00. The Morgan fingerprint density at radius 2 is 2.23 bits per heavy atom. The number of halogens is 1. The maximum atomic E-state index is 13.2. The molecule has 0 amide bonds. The van der Waals surface area contributed by atoms with E-state index in [0.29, 0.717) is 32.7 Å². The van der Waals surface area contributed by atoms with Gasteiger partial charge in [0.2, 0.25) is 10.0 Å². The van der Waals surface area contributed by atoms with Crippen molar-refractivity contribution >= 4 is 10.0 Å². The number of hydrogen-bond acceptors (Lipinski definition) is 4. The van der Waals surface area contributed by atoms with Gasteiger partial charge in [-0.2, -0.15) is 4.31 Å². The van der Waals surface area contributed by atoms with Gasteiger partial charge in [0.1, 0.15) is 5.82 Å². The Morgan fingerprint density at radius 3 is 2.91 bits per heavy atom. The molecule has 2 saturated heterocycles. The normalized spacial score (nSPS) is 25.1. The van der Waals surface area contributed by atoms with Crippen LogP contribution in [0.4, 0.5) is 4.39 Å². The lowest BCUT2D eigenvalue weighted by atomic mass is 9.86. The second-order valence-corrected chi connectivity index (χ2v) is 7.77. The molecule has 3 rings (SSSR count). The van der Waals surface area contributed by atoms with Crippen molar-refractivity contribution in [2.24, 2.45) is 0 Å². The lowest BCUT2D eigenvalue weighted by Crippen LogP contribution is -2.67. The lowest BCUT2D eigenvalue weighted by Gasteiger charge is -2.52. The SMILES string of the molecule is CCO[C@H]1CCOC2(C1)CN(S(=O)(=O)c1cccc(F)c1)C2. The van der Waals surface area contributed by atoms with Crippen molar-refractivity contribution < 1.29 is 22.3 Å². The Kier molecular flexibility index (Phi) is 4.24. The third kappa shape index (κ3) is 2.90. The first kappa shape index (κ1) is 15.9. The Morgan fingerprint density at radius 1 is 1.45 bits per heavy atom. The van der Waals surface area contributed by atoms with Crippen LogP contribution < -0.4 is 0 Å². The smallest absolute Gasteiger partial charge is 0.243 e. The number of hydrogen-bond donors (Lipinski definition) is 0. The van der Waals surface area contributed by atoms with Gasteiger partial charge in [0.25, 0.3) is 0 Å². The summed E-state index contributed by atoms with van der Waals surface area (Å²) in [5.74, 6) is -0.554. The van der Waals surface area contributed by atoms with E-state index in [1.54, 1.807) is 0 Å². The minimum absolute atomic E-state index is 0.0143. The van der Waals surface area contributed by atoms with Crippen LogP contribution in [0, 0.1) is 5.82 Å². The van der Waals surface area contributed by atoms with Gasteiger partial charge in [-0.3, -0.25) is 0 Å². The zero-order valence-corrected chi connectivity index (χ0v) is 13.3. The molecule has 5 nitrogen and oxygen atoms in total. The quantitative estimate of drug-likeness (QED) is 0.845. The highest BCUT2D eigenvalue weighted by atomic mass is 32.2. The van der Waals surface area contributed by atoms with Crippen LogP contribution in [0.25, 0.3) is 0 Å². The predicted molar refractivity (Wildman–Crippen MR) is 78.5 cm³/mol. The molecular weight excluding hydrogens is 309 g/mol. The number of sulfonamides is 1. The van der Waals surface area contributed by atoms with Crippen LogP contribution in [-0.4, -0.2) is 50.7 Å². The van der Waals surface area contributed by atoms with Crippen molar-refractivity contribution in [2.75, 3.05) is 26.3 Å². The number of benzene rings is 1. The number of rotatable bonds is 4. The van der Waals surface area contributed by atoms with E-state index in [1.165, 1.54) is 22.5 Å². The van der Waals surface area contributed by atoms with E-state index < -0.39 is 21.4 Å². The summed E-state index contributed by atoms with van der Waals surface area (Å²) in [6.45, 7) is 3.78. The molecule has 0 bridgehead atoms. The van der Waals surface area contributed by atoms with E-state index >= 15 is 0 Å². The summed E-state index contributed by atoms with van der Waals surface area (Å²) < 4.78 is 51.0. The van der Waals surface area contributed by atoms with Gasteiger partial charge in [0.15, 0.2) is 0 Å². The molecule has 0 aliphatic carbocycles. The van der Waals surface area contributed by atoms with Gasteiger partial charge in [-0.25, -0.2) is 12.8 Å². The molecule has 1 atom stereocenters. The van der Waals surface area contributed by atoms with Crippen LogP contribution in [0.2, 0.25) is 0 Å². The molecule has 7 heteroatoms. The molecule has 0 saturated carbocycles. The van der Waals surface area contributed by atoms with Gasteiger partial charge in [-0.15, -0.1) is 0 Å². The standard InChI is InChI=1S/C15H20FNO4S/c1-2-20-13-6-7-21-15(9-13)10-17(11-15)22(18,19)14-5-3-4-12(16)8-14/h3-5,8,13H,2,6-7,9-11H2,1H3/t13-/m0/s1. The molecule has 1 spiro atoms. The monoisotopic (exact) mass is 329 g/mol. The van der Waals surface area contributed by atoms with E-state index in [0.717, 1.165) is 12.5 Å². The Hall–Kier alpha value is -1.02. The summed E-state index contributed by atoms with van der Waals surface area (Å²) in [5.41, 5.74) is -0.446. The topological polar surface area (TPSA) is 55.8 Å². The van der Waals surface area contributed by atoms with Crippen molar-refractivity contribution in [2.45, 2.75) is 36.4 Å². The molecule has 1 aromatic rings. The van der Waals surface area contributed by atoms with Crippen LogP contribution >= 0.6 is 0 Å². The summed E-state index contributed by atoms with van der Waals surface area (Å²) in [6, 6.07) is 5.09. The predicted octanol–water partition coefficient (Wildman–Crippen LogP) is 1.78. The molecule has 0 aromatic heterocycles. The third-order valence-electron chi connectivity index (χ3n) is 4.21. The average Bonchev–Trinajstić information content (AvgIpc) is 2.45. The van der Waals surface area contributed by atoms with E-state index in [2.05, 4.69) is 0 Å². The van der Waals surface area contributed by atoms with Crippen LogP contribution in [0.15, 0.2) is 29.2 Å². The molecule has 0 unspecified atom stereocenters. The van der Waals surface area contributed by atoms with Gasteiger partial charge in [-0.05, 0) is 31.5 Å². The maximum Gasteiger partial charge on any atom is 0.243 e. The Balaban J connectivity index is 1.70. The maximum absolute atomic E-state index is 13.2. The first-order valence-electron chi connectivity index (χ1n) is 7.46. The fourth-order valence-corrected chi connectivity index (χ4v) is 4.74. The van der Waals surface area contributed by atoms with Crippen molar-refractivity contribution in [3.8, 4) is 0 Å². The summed E-state index contributed by atoms with van der Waals surface area (Å²) in [6.07, 6.45) is 1.67. The summed E-state index contributed by atoms with van der Waals surface area (Å²) in [7, 11) is -3.66. The minimum atomic E-state index is -3.66. The molecule has 0 radical (unpaired) electrons. The Bertz CT molecular complexity index is 641. The van der Waals surface area contributed by atoms with Crippen LogP contribution in [0.5, 0.6) is 0 Å². The molecule has 2 aliphatic rings. The summed E-state index contributed by atoms with van der Waals surface area (Å²) >= 11 is 0. The van der Waals surface area contributed by atoms with Crippen molar-refractivity contribution in [3.63, 3.8) is 0 Å². The molecule has 1 aromatic carbocycles. The van der Waals surface area contributed by atoms with Crippen molar-refractivity contribution in [3.05, 3.63) is 30.1 Å². The van der Waals surface area contributed by atoms with Crippen molar-refractivity contribution in [1.82, 2.24) is 4.31 Å². The fraction of sp³-hybridized carbons (Fsp3) is 0.600. The molecule has 2 fully saturated rings. The number of nitrogens with zero attached hydrogens (tertiary/aromatic N) is 1. The average molecular weight is 329 g/mol. The van der Waals surface area contributed by atoms with Gasteiger partial charge >= 0.3 is 0 Å². The van der Waals surface area contributed by atoms with Gasteiger partial charge in [0.05, 0.1) is 16.6 Å². The Labute approximate surface area is 130 Å². The zero-order chi connectivity index (χ0) is 15.8. The fourth-order valence-electron chi connectivity index (χ4n) is 3.12. The van der Waals surface area contributed by atoms with E-state index in [4.69, 9.17) is 9.47 Å². The van der Waals surface area contributed by atoms with E-state index in [1.807, 2.05) is 6.92 Å². The molecule has 2 heterocycles. The summed E-state index contributed by atoms with van der Waals surface area (Å²) in [5, 5.41) is 0. The second kappa shape index (κ2) is 5.88. The van der Waals surface area contributed by atoms with Gasteiger partial charge in [0, 0.05) is 32.7 Å². The molecular formula is C15H20FNO4S. The van der Waals surface area contributed by atoms with Crippen LogP contribution in [0.1, 0.15) is 19.8 Å². The summed E-state index contributed by atoms with van der Waals surface area (Å²) in [4.78, 5) is -0.0143. The van der Waals surface area contributed by atoms with Crippen LogP contribution in [-0.2, 0) is 19.5 Å². The highest BCUT2D eigenvalue weighted by Gasteiger charge is 2.52. The zero-order valence-electron chi connectivity index (χ0n) is 12.5. The number of ether oxygens (including phenoxy) is 2. The van der Waals surface area contributed by atoms with Gasteiger partial charge in [-0.1, -0.05) is 6.07 Å². The van der Waals surface area contributed by atoms with Crippen molar-refractivity contribution in [1.29, 1.82) is 0 Å². The first-order valence-corrected chi connectivity index (χ1v) is 8.90. The first-order chi connectivity index (χ1) is 10.5. The van der Waals surface area contributed by atoms with Crippen LogP contribution in [0.3, 0.4) is 0 Å². The minimum Gasteiger partial charge on any atom is -0.378 e. The van der Waals surface area contributed by atoms with Gasteiger partial charge < -0.3 is 9.47 Å². The van der Waals surface area contributed by atoms with E-state index in [-0.39, 0.29) is 11.0 Å². The van der Waals surface area contributed by atoms with E-state index in [9.17, 15) is 12.8 Å². The largest absolute Gasteiger partial charge is 0.378 e. The second-order valence-electron chi connectivity index (χ2n) is 5.83. The molecule has 2 aliphatic heterocycles. The lowest BCUT2D eigenvalue weighted by molar-refractivity contribution is -0.177. The molecule has 22 heavy (non-hydrogen) atoms.